The summed E-state index contributed by atoms with van der Waals surface area (Å²) in [4.78, 5) is 8.98. The molecule has 2 aromatic rings. The Hall–Kier alpha value is -1.68. The van der Waals surface area contributed by atoms with Gasteiger partial charge in [0.2, 0.25) is 0 Å². The molecule has 0 aliphatic heterocycles. The normalized spacial score (nSPS) is 25.7. The molecule has 0 bridgehead atoms. The smallest absolute Gasteiger partial charge is 0.145 e. The summed E-state index contributed by atoms with van der Waals surface area (Å²) in [5.41, 5.74) is 7.98. The third-order valence-corrected chi connectivity index (χ3v) is 4.11. The van der Waals surface area contributed by atoms with Gasteiger partial charge in [-0.1, -0.05) is 26.0 Å². The maximum atomic E-state index is 6.01. The van der Waals surface area contributed by atoms with Crippen LogP contribution in [-0.4, -0.2) is 22.1 Å². The highest BCUT2D eigenvalue weighted by Gasteiger charge is 2.46. The predicted octanol–water partition coefficient (Wildman–Crippen LogP) is 2.17. The highest BCUT2D eigenvalue weighted by molar-refractivity contribution is 5.75. The van der Waals surface area contributed by atoms with Crippen LogP contribution < -0.4 is 11.1 Å². The summed E-state index contributed by atoms with van der Waals surface area (Å²) in [5, 5.41) is 3.44. The van der Waals surface area contributed by atoms with Crippen molar-refractivity contribution in [3.05, 3.63) is 30.5 Å². The van der Waals surface area contributed by atoms with Crippen molar-refractivity contribution >= 4 is 16.9 Å². The van der Waals surface area contributed by atoms with E-state index >= 15 is 0 Å². The van der Waals surface area contributed by atoms with Gasteiger partial charge >= 0.3 is 0 Å². The molecular weight excluding hydrogens is 224 g/mol. The summed E-state index contributed by atoms with van der Waals surface area (Å²) >= 11 is 0. The second-order valence-corrected chi connectivity index (χ2v) is 5.60. The summed E-state index contributed by atoms with van der Waals surface area (Å²) in [7, 11) is 0. The fourth-order valence-corrected chi connectivity index (χ4v) is 2.41. The van der Waals surface area contributed by atoms with Gasteiger partial charge in [-0.2, -0.15) is 0 Å². The number of nitrogens with one attached hydrogen (secondary N) is 1. The number of rotatable bonds is 2. The molecule has 4 heteroatoms. The largest absolute Gasteiger partial charge is 0.365 e. The van der Waals surface area contributed by atoms with Gasteiger partial charge in [0.15, 0.2) is 0 Å². The van der Waals surface area contributed by atoms with Crippen molar-refractivity contribution in [1.82, 2.24) is 9.97 Å². The van der Waals surface area contributed by atoms with E-state index in [1.165, 1.54) is 0 Å². The molecule has 1 aromatic carbocycles. The molecule has 1 aliphatic rings. The topological polar surface area (TPSA) is 63.8 Å². The van der Waals surface area contributed by atoms with Crippen molar-refractivity contribution < 1.29 is 0 Å². The zero-order chi connectivity index (χ0) is 12.8. The van der Waals surface area contributed by atoms with Crippen molar-refractivity contribution in [1.29, 1.82) is 0 Å². The molecule has 0 spiro atoms. The standard InChI is InChI=1S/C14H18N4/c1-14(2)11(15)7-12(14)18-13-8-16-9-5-3-4-6-10(9)17-13/h3-6,8,11-12H,7,15H2,1-2H3,(H,17,18). The second-order valence-electron chi connectivity index (χ2n) is 5.60. The summed E-state index contributed by atoms with van der Waals surface area (Å²) in [6, 6.07) is 8.54. The number of nitrogens with zero attached hydrogens (tertiary/aromatic N) is 2. The Labute approximate surface area is 107 Å². The van der Waals surface area contributed by atoms with Crippen LogP contribution in [0.3, 0.4) is 0 Å². The van der Waals surface area contributed by atoms with E-state index in [9.17, 15) is 0 Å². The Kier molecular flexibility index (Phi) is 2.48. The lowest BCUT2D eigenvalue weighted by Gasteiger charge is -2.50. The number of nitrogens with two attached hydrogens (primary N) is 1. The first-order chi connectivity index (χ1) is 8.57. The van der Waals surface area contributed by atoms with Crippen LogP contribution in [-0.2, 0) is 0 Å². The van der Waals surface area contributed by atoms with E-state index in [0.717, 1.165) is 23.3 Å². The first-order valence-electron chi connectivity index (χ1n) is 6.31. The summed E-state index contributed by atoms with van der Waals surface area (Å²) < 4.78 is 0. The number of aromatic nitrogens is 2. The molecule has 1 heterocycles. The Morgan fingerprint density at radius 3 is 2.67 bits per heavy atom. The molecule has 18 heavy (non-hydrogen) atoms. The molecule has 2 atom stereocenters. The van der Waals surface area contributed by atoms with Crippen LogP contribution in [0.1, 0.15) is 20.3 Å². The average Bonchev–Trinajstić information content (AvgIpc) is 2.38. The number of anilines is 1. The van der Waals surface area contributed by atoms with Crippen LogP contribution in [0.25, 0.3) is 11.0 Å². The highest BCUT2D eigenvalue weighted by Crippen LogP contribution is 2.40. The number of hydrogen-bond donors (Lipinski definition) is 2. The van der Waals surface area contributed by atoms with E-state index < -0.39 is 0 Å². The van der Waals surface area contributed by atoms with Crippen LogP contribution in [0.5, 0.6) is 0 Å². The molecule has 94 valence electrons. The van der Waals surface area contributed by atoms with Gasteiger partial charge in [-0.15, -0.1) is 0 Å². The lowest BCUT2D eigenvalue weighted by molar-refractivity contribution is 0.117. The fraction of sp³-hybridized carbons (Fsp3) is 0.429. The van der Waals surface area contributed by atoms with Crippen LogP contribution in [0.15, 0.2) is 30.5 Å². The van der Waals surface area contributed by atoms with Gasteiger partial charge in [0.05, 0.1) is 17.2 Å². The van der Waals surface area contributed by atoms with Gasteiger partial charge in [0.25, 0.3) is 0 Å². The summed E-state index contributed by atoms with van der Waals surface area (Å²) in [5.74, 6) is 0.832. The Bertz CT molecular complexity index is 579. The van der Waals surface area contributed by atoms with Crippen LogP contribution in [0.4, 0.5) is 5.82 Å². The molecular formula is C14H18N4. The van der Waals surface area contributed by atoms with Crippen LogP contribution in [0, 0.1) is 5.41 Å². The molecule has 1 aliphatic carbocycles. The minimum Gasteiger partial charge on any atom is -0.365 e. The first-order valence-corrected chi connectivity index (χ1v) is 6.31. The predicted molar refractivity (Wildman–Crippen MR) is 73.3 cm³/mol. The maximum Gasteiger partial charge on any atom is 0.145 e. The lowest BCUT2D eigenvalue weighted by Crippen LogP contribution is -2.61. The third kappa shape index (κ3) is 1.73. The molecule has 3 rings (SSSR count). The molecule has 0 amide bonds. The van der Waals surface area contributed by atoms with E-state index in [0.29, 0.717) is 6.04 Å². The molecule has 1 aromatic heterocycles. The number of benzene rings is 1. The Balaban J connectivity index is 1.83. The zero-order valence-corrected chi connectivity index (χ0v) is 10.7. The van der Waals surface area contributed by atoms with Crippen molar-refractivity contribution in [2.75, 3.05) is 5.32 Å². The minimum atomic E-state index is 0.118. The molecule has 1 fully saturated rings. The number of para-hydroxylation sites is 2. The van der Waals surface area contributed by atoms with E-state index in [1.807, 2.05) is 24.3 Å². The minimum absolute atomic E-state index is 0.118. The van der Waals surface area contributed by atoms with E-state index in [4.69, 9.17) is 5.73 Å². The maximum absolute atomic E-state index is 6.01. The van der Waals surface area contributed by atoms with E-state index in [-0.39, 0.29) is 11.5 Å². The van der Waals surface area contributed by atoms with E-state index in [2.05, 4.69) is 29.1 Å². The van der Waals surface area contributed by atoms with Gasteiger partial charge in [-0.3, -0.25) is 4.98 Å². The molecule has 3 N–H and O–H groups in total. The highest BCUT2D eigenvalue weighted by atomic mass is 15.1. The van der Waals surface area contributed by atoms with Crippen molar-refractivity contribution in [3.63, 3.8) is 0 Å². The molecule has 2 unspecified atom stereocenters. The SMILES string of the molecule is CC1(C)C(N)CC1Nc1cnc2ccccc2n1. The quantitative estimate of drug-likeness (QED) is 0.847. The zero-order valence-electron chi connectivity index (χ0n) is 10.7. The van der Waals surface area contributed by atoms with Gasteiger partial charge in [0, 0.05) is 17.5 Å². The van der Waals surface area contributed by atoms with Gasteiger partial charge in [-0.25, -0.2) is 4.98 Å². The number of fused-ring (bicyclic) bond motifs is 1. The molecule has 0 saturated heterocycles. The monoisotopic (exact) mass is 242 g/mol. The third-order valence-electron chi connectivity index (χ3n) is 4.11. The average molecular weight is 242 g/mol. The number of hydrogen-bond acceptors (Lipinski definition) is 4. The van der Waals surface area contributed by atoms with Crippen LogP contribution >= 0.6 is 0 Å². The van der Waals surface area contributed by atoms with Crippen LogP contribution in [0.2, 0.25) is 0 Å². The Morgan fingerprint density at radius 2 is 2.00 bits per heavy atom. The molecule has 4 nitrogen and oxygen atoms in total. The van der Waals surface area contributed by atoms with Gasteiger partial charge < -0.3 is 11.1 Å². The fourth-order valence-electron chi connectivity index (χ4n) is 2.41. The van der Waals surface area contributed by atoms with Gasteiger partial charge in [0.1, 0.15) is 5.82 Å². The van der Waals surface area contributed by atoms with Crippen molar-refractivity contribution in [3.8, 4) is 0 Å². The first kappa shape index (κ1) is 11.4. The summed E-state index contributed by atoms with van der Waals surface area (Å²) in [6.45, 7) is 4.38. The van der Waals surface area contributed by atoms with E-state index in [1.54, 1.807) is 6.20 Å². The Morgan fingerprint density at radius 1 is 1.28 bits per heavy atom. The molecule has 1 saturated carbocycles. The summed E-state index contributed by atoms with van der Waals surface area (Å²) in [6.07, 6.45) is 2.78. The molecule has 0 radical (unpaired) electrons. The van der Waals surface area contributed by atoms with Crippen molar-refractivity contribution in [2.45, 2.75) is 32.4 Å². The lowest BCUT2D eigenvalue weighted by atomic mass is 9.63. The van der Waals surface area contributed by atoms with Crippen molar-refractivity contribution in [2.24, 2.45) is 11.1 Å². The second kappa shape index (κ2) is 3.92. The van der Waals surface area contributed by atoms with Gasteiger partial charge in [-0.05, 0) is 18.6 Å².